The smallest absolute Gasteiger partial charge is 0.293 e. The molecular weight excluding hydrogens is 388 g/mol. The zero-order valence-corrected chi connectivity index (χ0v) is 17.0. The molecule has 158 valence electrons. The van der Waals surface area contributed by atoms with Crippen molar-refractivity contribution in [1.82, 2.24) is 0 Å². The number of nitro benzene ring substituents is 1. The van der Waals surface area contributed by atoms with Crippen molar-refractivity contribution < 1.29 is 19.3 Å². The van der Waals surface area contributed by atoms with Crippen LogP contribution in [-0.2, 0) is 14.4 Å². The predicted octanol–water partition coefficient (Wildman–Crippen LogP) is 3.04. The van der Waals surface area contributed by atoms with Crippen LogP contribution < -0.4 is 10.2 Å². The normalized spacial score (nSPS) is 14.0. The van der Waals surface area contributed by atoms with Gasteiger partial charge in [-0.05, 0) is 31.0 Å². The quantitative estimate of drug-likeness (QED) is 0.426. The number of carbonyl (C=O) groups is 1. The minimum absolute atomic E-state index is 0.00591. The summed E-state index contributed by atoms with van der Waals surface area (Å²) in [4.78, 5) is 30.1. The maximum absolute atomic E-state index is 12.1. The van der Waals surface area contributed by atoms with Crippen LogP contribution in [0.5, 0.6) is 0 Å². The molecule has 9 nitrogen and oxygen atoms in total. The van der Waals surface area contributed by atoms with Crippen molar-refractivity contribution in [3.63, 3.8) is 0 Å². The van der Waals surface area contributed by atoms with Gasteiger partial charge in [-0.15, -0.1) is 0 Å². The lowest BCUT2D eigenvalue weighted by atomic mass is 10.1. The number of aryl methyl sites for hydroxylation is 2. The van der Waals surface area contributed by atoms with E-state index in [4.69, 9.17) is 9.57 Å². The van der Waals surface area contributed by atoms with E-state index in [1.54, 1.807) is 12.1 Å². The van der Waals surface area contributed by atoms with Crippen molar-refractivity contribution in [1.29, 1.82) is 0 Å². The number of carbonyl (C=O) groups excluding carboxylic acids is 1. The third-order valence-corrected chi connectivity index (χ3v) is 4.77. The molecule has 0 aliphatic carbocycles. The second-order valence-electron chi connectivity index (χ2n) is 6.93. The van der Waals surface area contributed by atoms with E-state index in [9.17, 15) is 14.9 Å². The largest absolute Gasteiger partial charge is 0.386 e. The van der Waals surface area contributed by atoms with Crippen molar-refractivity contribution in [3.05, 3.63) is 63.2 Å². The zero-order valence-electron chi connectivity index (χ0n) is 17.0. The molecule has 3 rings (SSSR count). The number of hydrogen-bond donors (Lipinski definition) is 1. The van der Waals surface area contributed by atoms with E-state index in [0.717, 1.165) is 16.8 Å². The Morgan fingerprint density at radius 1 is 1.27 bits per heavy atom. The molecule has 1 fully saturated rings. The van der Waals surface area contributed by atoms with Gasteiger partial charge in [0.05, 0.1) is 24.4 Å². The van der Waals surface area contributed by atoms with Crippen LogP contribution in [0.15, 0.2) is 41.6 Å². The highest BCUT2D eigenvalue weighted by Crippen LogP contribution is 2.29. The zero-order chi connectivity index (χ0) is 21.5. The molecule has 0 saturated carbocycles. The third-order valence-electron chi connectivity index (χ3n) is 4.77. The number of rotatable bonds is 7. The highest BCUT2D eigenvalue weighted by atomic mass is 16.6. The summed E-state index contributed by atoms with van der Waals surface area (Å²) in [6.45, 7) is 5.85. The van der Waals surface area contributed by atoms with Gasteiger partial charge in [0.25, 0.3) is 11.6 Å². The molecule has 2 aromatic carbocycles. The molecule has 0 aromatic heterocycles. The summed E-state index contributed by atoms with van der Waals surface area (Å²) < 4.78 is 5.30. The second-order valence-corrected chi connectivity index (χ2v) is 6.93. The van der Waals surface area contributed by atoms with E-state index in [2.05, 4.69) is 10.5 Å². The van der Waals surface area contributed by atoms with Gasteiger partial charge in [-0.3, -0.25) is 14.9 Å². The van der Waals surface area contributed by atoms with Gasteiger partial charge in [-0.1, -0.05) is 29.4 Å². The van der Waals surface area contributed by atoms with Crippen molar-refractivity contribution in [2.24, 2.45) is 5.16 Å². The minimum atomic E-state index is -0.416. The van der Waals surface area contributed by atoms with Crippen LogP contribution in [-0.4, -0.2) is 50.0 Å². The molecule has 0 atom stereocenters. The first-order chi connectivity index (χ1) is 14.5. The van der Waals surface area contributed by atoms with Crippen molar-refractivity contribution in [2.75, 3.05) is 43.1 Å². The summed E-state index contributed by atoms with van der Waals surface area (Å²) in [5.41, 5.74) is 3.72. The van der Waals surface area contributed by atoms with E-state index >= 15 is 0 Å². The van der Waals surface area contributed by atoms with Crippen molar-refractivity contribution >= 4 is 29.2 Å². The third kappa shape index (κ3) is 5.32. The SMILES string of the molecule is Cc1cccc(C)c1NC(=O)CO/N=C\c1ccc(N2CCOCC2)c([N+](=O)[O-])c1. The summed E-state index contributed by atoms with van der Waals surface area (Å²) in [6, 6.07) is 10.6. The monoisotopic (exact) mass is 412 g/mol. The molecule has 1 heterocycles. The molecule has 9 heteroatoms. The molecule has 0 unspecified atom stereocenters. The molecule has 2 aromatic rings. The van der Waals surface area contributed by atoms with Gasteiger partial charge in [0.2, 0.25) is 0 Å². The maximum atomic E-state index is 12.1. The molecule has 0 spiro atoms. The number of ether oxygens (including phenoxy) is 1. The summed E-state index contributed by atoms with van der Waals surface area (Å²) in [6.07, 6.45) is 1.35. The van der Waals surface area contributed by atoms with Crippen LogP contribution in [0.1, 0.15) is 16.7 Å². The van der Waals surface area contributed by atoms with E-state index in [1.165, 1.54) is 12.3 Å². The lowest BCUT2D eigenvalue weighted by Gasteiger charge is -2.28. The Morgan fingerprint density at radius 3 is 2.63 bits per heavy atom. The van der Waals surface area contributed by atoms with Crippen molar-refractivity contribution in [2.45, 2.75) is 13.8 Å². The van der Waals surface area contributed by atoms with Gasteiger partial charge in [0.1, 0.15) is 5.69 Å². The fraction of sp³-hybridized carbons (Fsp3) is 0.333. The molecule has 1 N–H and O–H groups in total. The van der Waals surface area contributed by atoms with E-state index in [-0.39, 0.29) is 18.2 Å². The van der Waals surface area contributed by atoms with Gasteiger partial charge in [0.15, 0.2) is 6.61 Å². The predicted molar refractivity (Wildman–Crippen MR) is 114 cm³/mol. The number of morpholine rings is 1. The summed E-state index contributed by atoms with van der Waals surface area (Å²) in [7, 11) is 0. The van der Waals surface area contributed by atoms with E-state index < -0.39 is 4.92 Å². The second kappa shape index (κ2) is 9.84. The van der Waals surface area contributed by atoms with Gasteiger partial charge in [-0.2, -0.15) is 0 Å². The first-order valence-corrected chi connectivity index (χ1v) is 9.58. The van der Waals surface area contributed by atoms with E-state index in [0.29, 0.717) is 37.6 Å². The number of benzene rings is 2. The molecule has 0 radical (unpaired) electrons. The fourth-order valence-electron chi connectivity index (χ4n) is 3.22. The molecule has 1 amide bonds. The van der Waals surface area contributed by atoms with Gasteiger partial charge >= 0.3 is 0 Å². The number of anilines is 2. The highest BCUT2D eigenvalue weighted by Gasteiger charge is 2.21. The van der Waals surface area contributed by atoms with Gasteiger partial charge < -0.3 is 19.8 Å². The number of nitrogens with one attached hydrogen (secondary N) is 1. The number of oxime groups is 1. The first kappa shape index (κ1) is 21.3. The summed E-state index contributed by atoms with van der Waals surface area (Å²) in [5, 5.41) is 18.1. The lowest BCUT2D eigenvalue weighted by molar-refractivity contribution is -0.384. The summed E-state index contributed by atoms with van der Waals surface area (Å²) in [5.74, 6) is -0.335. The molecule has 1 aliphatic heterocycles. The Kier molecular flexibility index (Phi) is 6.97. The number of nitro groups is 1. The molecule has 30 heavy (non-hydrogen) atoms. The number of hydrogen-bond acceptors (Lipinski definition) is 7. The van der Waals surface area contributed by atoms with Gasteiger partial charge in [0, 0.05) is 30.4 Å². The average molecular weight is 412 g/mol. The number of nitrogens with zero attached hydrogens (tertiary/aromatic N) is 3. The van der Waals surface area contributed by atoms with Crippen LogP contribution in [0.4, 0.5) is 17.1 Å². The fourth-order valence-corrected chi connectivity index (χ4v) is 3.22. The van der Waals surface area contributed by atoms with E-state index in [1.807, 2.05) is 36.9 Å². The van der Waals surface area contributed by atoms with Crippen LogP contribution in [0.2, 0.25) is 0 Å². The van der Waals surface area contributed by atoms with Crippen molar-refractivity contribution in [3.8, 4) is 0 Å². The van der Waals surface area contributed by atoms with Crippen LogP contribution in [0, 0.1) is 24.0 Å². The first-order valence-electron chi connectivity index (χ1n) is 9.58. The van der Waals surface area contributed by atoms with Gasteiger partial charge in [-0.25, -0.2) is 0 Å². The maximum Gasteiger partial charge on any atom is 0.293 e. The van der Waals surface area contributed by atoms with Crippen LogP contribution in [0.3, 0.4) is 0 Å². The minimum Gasteiger partial charge on any atom is -0.386 e. The Balaban J connectivity index is 1.60. The van der Waals surface area contributed by atoms with Crippen LogP contribution >= 0.6 is 0 Å². The molecule has 1 saturated heterocycles. The molecular formula is C21H24N4O5. The Labute approximate surface area is 174 Å². The standard InChI is InChI=1S/C21H24N4O5/c1-15-4-3-5-16(2)21(15)23-20(26)14-30-22-13-17-6-7-18(19(12-17)25(27)28)24-8-10-29-11-9-24/h3-7,12-13H,8-11,14H2,1-2H3,(H,23,26)/b22-13-. The number of amides is 1. The Bertz CT molecular complexity index is 934. The number of para-hydroxylation sites is 1. The lowest BCUT2D eigenvalue weighted by Crippen LogP contribution is -2.36. The Morgan fingerprint density at radius 2 is 1.97 bits per heavy atom. The summed E-state index contributed by atoms with van der Waals surface area (Å²) >= 11 is 0. The topological polar surface area (TPSA) is 106 Å². The highest BCUT2D eigenvalue weighted by molar-refractivity contribution is 5.93. The Hall–Kier alpha value is -3.46. The molecule has 1 aliphatic rings. The van der Waals surface area contributed by atoms with Crippen LogP contribution in [0.25, 0.3) is 0 Å². The molecule has 0 bridgehead atoms. The average Bonchev–Trinajstić information content (AvgIpc) is 2.74.